The number of carbonyl (C=O) groups excluding carboxylic acids is 1. The molecule has 0 spiro atoms. The fourth-order valence-electron chi connectivity index (χ4n) is 4.66. The van der Waals surface area contributed by atoms with Gasteiger partial charge in [-0.25, -0.2) is 0 Å². The van der Waals surface area contributed by atoms with Crippen molar-refractivity contribution in [1.29, 1.82) is 0 Å². The van der Waals surface area contributed by atoms with Crippen molar-refractivity contribution in [3.8, 4) is 0 Å². The number of ether oxygens (including phenoxy) is 3. The summed E-state index contributed by atoms with van der Waals surface area (Å²) in [5.74, 6) is -0.236. The minimum absolute atomic E-state index is 0.0274. The first-order valence-electron chi connectivity index (χ1n) is 13.2. The van der Waals surface area contributed by atoms with Crippen molar-refractivity contribution >= 4 is 5.97 Å². The monoisotopic (exact) mass is 501 g/mol. The highest BCUT2D eigenvalue weighted by Gasteiger charge is 2.33. The van der Waals surface area contributed by atoms with E-state index in [4.69, 9.17) is 14.2 Å². The number of esters is 1. The molecule has 0 saturated carbocycles. The number of rotatable bonds is 10. The summed E-state index contributed by atoms with van der Waals surface area (Å²) in [6.45, 7) is 8.26. The van der Waals surface area contributed by atoms with Gasteiger partial charge in [0.15, 0.2) is 6.29 Å². The second kappa shape index (κ2) is 13.0. The van der Waals surface area contributed by atoms with Gasteiger partial charge in [-0.1, -0.05) is 91.0 Å². The summed E-state index contributed by atoms with van der Waals surface area (Å²) in [4.78, 5) is 15.1. The summed E-state index contributed by atoms with van der Waals surface area (Å²) in [7, 11) is 0. The molecule has 1 aliphatic heterocycles. The summed E-state index contributed by atoms with van der Waals surface area (Å²) < 4.78 is 18.3. The summed E-state index contributed by atoms with van der Waals surface area (Å²) in [5, 5.41) is 0. The van der Waals surface area contributed by atoms with E-state index in [9.17, 15) is 4.79 Å². The predicted octanol–water partition coefficient (Wildman–Crippen LogP) is 6.68. The van der Waals surface area contributed by atoms with Crippen molar-refractivity contribution in [2.45, 2.75) is 77.2 Å². The van der Waals surface area contributed by atoms with E-state index in [-0.39, 0.29) is 24.6 Å². The Morgan fingerprint density at radius 2 is 1.32 bits per heavy atom. The Balaban J connectivity index is 1.44. The van der Waals surface area contributed by atoms with E-state index in [0.717, 1.165) is 31.6 Å². The molecule has 3 aromatic carbocycles. The maximum absolute atomic E-state index is 12.6. The van der Waals surface area contributed by atoms with Crippen molar-refractivity contribution in [2.24, 2.45) is 0 Å². The van der Waals surface area contributed by atoms with Crippen LogP contribution >= 0.6 is 0 Å². The normalized spacial score (nSPS) is 20.1. The second-order valence-corrected chi connectivity index (χ2v) is 10.8. The lowest BCUT2D eigenvalue weighted by Gasteiger charge is -2.37. The molecular formula is C32H39NO4. The summed E-state index contributed by atoms with van der Waals surface area (Å²) in [6, 6.07) is 31.1. The molecule has 5 nitrogen and oxygen atoms in total. The van der Waals surface area contributed by atoms with E-state index in [1.54, 1.807) is 0 Å². The number of benzene rings is 3. The number of nitrogens with zero attached hydrogens (tertiary/aromatic N) is 1. The average Bonchev–Trinajstić information content (AvgIpc) is 2.88. The molecule has 4 rings (SSSR count). The maximum Gasteiger partial charge on any atom is 0.308 e. The van der Waals surface area contributed by atoms with E-state index in [1.807, 2.05) is 51.1 Å². The van der Waals surface area contributed by atoms with Crippen LogP contribution in [0.2, 0.25) is 0 Å². The highest BCUT2D eigenvalue weighted by atomic mass is 16.7. The molecule has 3 atom stereocenters. The minimum atomic E-state index is -0.518. The van der Waals surface area contributed by atoms with E-state index >= 15 is 0 Å². The molecule has 3 aromatic rings. The van der Waals surface area contributed by atoms with Crippen molar-refractivity contribution in [3.63, 3.8) is 0 Å². The van der Waals surface area contributed by atoms with Crippen molar-refractivity contribution in [1.82, 2.24) is 4.90 Å². The van der Waals surface area contributed by atoms with E-state index in [1.165, 1.54) is 11.1 Å². The van der Waals surface area contributed by atoms with Crippen molar-refractivity contribution in [3.05, 3.63) is 108 Å². The first kappa shape index (κ1) is 27.1. The van der Waals surface area contributed by atoms with Crippen molar-refractivity contribution < 1.29 is 19.0 Å². The largest absolute Gasteiger partial charge is 0.460 e. The van der Waals surface area contributed by atoms with Gasteiger partial charge in [0.25, 0.3) is 0 Å². The minimum Gasteiger partial charge on any atom is -0.460 e. The van der Waals surface area contributed by atoms with Gasteiger partial charge in [-0.05, 0) is 38.3 Å². The number of carbonyl (C=O) groups is 1. The number of hydrogen-bond donors (Lipinski definition) is 0. The van der Waals surface area contributed by atoms with Crippen LogP contribution in [-0.4, -0.2) is 35.2 Å². The van der Waals surface area contributed by atoms with Crippen LogP contribution in [0.3, 0.4) is 0 Å². The lowest BCUT2D eigenvalue weighted by molar-refractivity contribution is -0.251. The molecule has 0 unspecified atom stereocenters. The first-order valence-corrected chi connectivity index (χ1v) is 13.2. The Morgan fingerprint density at radius 1 is 0.811 bits per heavy atom. The van der Waals surface area contributed by atoms with Gasteiger partial charge in [-0.15, -0.1) is 0 Å². The van der Waals surface area contributed by atoms with Crippen LogP contribution in [0.5, 0.6) is 0 Å². The molecule has 1 heterocycles. The molecule has 1 fully saturated rings. The molecule has 1 aliphatic rings. The third-order valence-corrected chi connectivity index (χ3v) is 6.31. The molecule has 1 saturated heterocycles. The highest BCUT2D eigenvalue weighted by molar-refractivity contribution is 5.70. The van der Waals surface area contributed by atoms with Crippen molar-refractivity contribution in [2.75, 3.05) is 6.54 Å². The Bertz CT molecular complexity index is 1040. The molecule has 0 aromatic heterocycles. The zero-order chi connectivity index (χ0) is 26.1. The topological polar surface area (TPSA) is 48.0 Å². The fraction of sp³-hybridized carbons (Fsp3) is 0.406. The van der Waals surface area contributed by atoms with Gasteiger partial charge in [0, 0.05) is 31.6 Å². The van der Waals surface area contributed by atoms with Crippen LogP contribution in [0.25, 0.3) is 0 Å². The molecule has 5 heteroatoms. The van der Waals surface area contributed by atoms with Crippen LogP contribution in [0.4, 0.5) is 0 Å². The molecular weight excluding hydrogens is 462 g/mol. The Labute approximate surface area is 221 Å². The lowest BCUT2D eigenvalue weighted by Crippen LogP contribution is -2.38. The third kappa shape index (κ3) is 9.12. The maximum atomic E-state index is 12.6. The van der Waals surface area contributed by atoms with Gasteiger partial charge in [0.2, 0.25) is 0 Å². The van der Waals surface area contributed by atoms with Crippen LogP contribution < -0.4 is 0 Å². The van der Waals surface area contributed by atoms with Gasteiger partial charge < -0.3 is 14.2 Å². The summed E-state index contributed by atoms with van der Waals surface area (Å²) in [6.07, 6.45) is 0.947. The van der Waals surface area contributed by atoms with Gasteiger partial charge in [0.05, 0.1) is 18.6 Å². The van der Waals surface area contributed by atoms with Crippen LogP contribution in [-0.2, 0) is 32.1 Å². The standard InChI is InChI=1S/C32H39NO4/c1-32(2,3)37-30(34)22-29-21-28(35-31(36-29)27-17-11-6-12-18-27)19-20-33(23-25-13-7-4-8-14-25)24-26-15-9-5-10-16-26/h4-18,28-29,31H,19-24H2,1-3H3/t28-,29-,31-/m1/s1. The smallest absolute Gasteiger partial charge is 0.308 e. The Morgan fingerprint density at radius 3 is 1.86 bits per heavy atom. The molecule has 0 amide bonds. The molecule has 0 aliphatic carbocycles. The van der Waals surface area contributed by atoms with Gasteiger partial charge in [-0.2, -0.15) is 0 Å². The third-order valence-electron chi connectivity index (χ3n) is 6.31. The fourth-order valence-corrected chi connectivity index (χ4v) is 4.66. The van der Waals surface area contributed by atoms with E-state index in [0.29, 0.717) is 6.42 Å². The first-order chi connectivity index (χ1) is 17.8. The van der Waals surface area contributed by atoms with Gasteiger partial charge >= 0.3 is 5.97 Å². The highest BCUT2D eigenvalue weighted by Crippen LogP contribution is 2.33. The van der Waals surface area contributed by atoms with E-state index in [2.05, 4.69) is 65.6 Å². The second-order valence-electron chi connectivity index (χ2n) is 10.8. The molecule has 0 N–H and O–H groups in total. The molecule has 196 valence electrons. The van der Waals surface area contributed by atoms with Gasteiger partial charge in [0.1, 0.15) is 5.60 Å². The molecule has 0 bridgehead atoms. The number of hydrogen-bond acceptors (Lipinski definition) is 5. The predicted molar refractivity (Wildman–Crippen MR) is 146 cm³/mol. The van der Waals surface area contributed by atoms with Crippen LogP contribution in [0.15, 0.2) is 91.0 Å². The zero-order valence-electron chi connectivity index (χ0n) is 22.2. The summed E-state index contributed by atoms with van der Waals surface area (Å²) in [5.41, 5.74) is 3.02. The van der Waals surface area contributed by atoms with Gasteiger partial charge in [-0.3, -0.25) is 9.69 Å². The summed E-state index contributed by atoms with van der Waals surface area (Å²) >= 11 is 0. The average molecular weight is 502 g/mol. The molecule has 37 heavy (non-hydrogen) atoms. The zero-order valence-corrected chi connectivity index (χ0v) is 22.2. The Hall–Kier alpha value is -2.99. The van der Waals surface area contributed by atoms with E-state index < -0.39 is 11.9 Å². The van der Waals surface area contributed by atoms with Crippen LogP contribution in [0, 0.1) is 0 Å². The Kier molecular flexibility index (Phi) is 9.51. The quantitative estimate of drug-likeness (QED) is 0.290. The lowest BCUT2D eigenvalue weighted by atomic mass is 10.0. The SMILES string of the molecule is CC(C)(C)OC(=O)C[C@H]1C[C@@H](CCN(Cc2ccccc2)Cc2ccccc2)O[C@@H](c2ccccc2)O1. The molecule has 0 radical (unpaired) electrons. The van der Waals surface area contributed by atoms with Crippen LogP contribution in [0.1, 0.15) is 63.0 Å².